The first-order valence-corrected chi connectivity index (χ1v) is 7.49. The second-order valence-electron chi connectivity index (χ2n) is 5.58. The molecule has 1 fully saturated rings. The average Bonchev–Trinajstić information content (AvgIpc) is 2.39. The number of benzene rings is 1. The van der Waals surface area contributed by atoms with Gasteiger partial charge in [-0.25, -0.2) is 4.39 Å². The van der Waals surface area contributed by atoms with Gasteiger partial charge < -0.3 is 4.90 Å². The second kappa shape index (κ2) is 5.61. The van der Waals surface area contributed by atoms with Crippen LogP contribution >= 0.6 is 15.9 Å². The van der Waals surface area contributed by atoms with E-state index in [1.807, 2.05) is 0 Å². The number of carbonyl (C=O) groups excluding carboxylic acids is 1. The first-order valence-electron chi connectivity index (χ1n) is 6.69. The van der Waals surface area contributed by atoms with Gasteiger partial charge in [-0.2, -0.15) is 0 Å². The molecule has 0 aromatic heterocycles. The van der Waals surface area contributed by atoms with Crippen molar-refractivity contribution in [1.82, 2.24) is 4.90 Å². The van der Waals surface area contributed by atoms with Crippen molar-refractivity contribution >= 4 is 21.8 Å². The Hall–Kier alpha value is -0.900. The van der Waals surface area contributed by atoms with E-state index in [4.69, 9.17) is 0 Å². The Morgan fingerprint density at radius 2 is 2.05 bits per heavy atom. The summed E-state index contributed by atoms with van der Waals surface area (Å²) in [4.78, 5) is 14.1. The highest BCUT2D eigenvalue weighted by Crippen LogP contribution is 2.34. The predicted octanol–water partition coefficient (Wildman–Crippen LogP) is 4.24. The van der Waals surface area contributed by atoms with Crippen molar-refractivity contribution in [2.75, 3.05) is 13.1 Å². The number of piperidine rings is 1. The van der Waals surface area contributed by atoms with E-state index in [-0.39, 0.29) is 11.5 Å². The molecule has 0 saturated carbocycles. The van der Waals surface area contributed by atoms with Gasteiger partial charge in [-0.15, -0.1) is 0 Å². The topological polar surface area (TPSA) is 20.3 Å². The van der Waals surface area contributed by atoms with Gasteiger partial charge >= 0.3 is 0 Å². The Labute approximate surface area is 122 Å². The largest absolute Gasteiger partial charge is 0.339 e. The number of likely N-dealkylation sites (tertiary alicyclic amines) is 1. The lowest BCUT2D eigenvalue weighted by atomic mass is 9.78. The van der Waals surface area contributed by atoms with E-state index in [1.54, 1.807) is 17.0 Å². The van der Waals surface area contributed by atoms with E-state index in [2.05, 4.69) is 29.8 Å². The lowest BCUT2D eigenvalue weighted by Gasteiger charge is -2.39. The van der Waals surface area contributed by atoms with Crippen LogP contribution in [0.4, 0.5) is 4.39 Å². The molecule has 19 heavy (non-hydrogen) atoms. The summed E-state index contributed by atoms with van der Waals surface area (Å²) in [7, 11) is 0. The van der Waals surface area contributed by atoms with E-state index in [0.29, 0.717) is 9.89 Å². The summed E-state index contributed by atoms with van der Waals surface area (Å²) in [5.41, 5.74) is 0.498. The van der Waals surface area contributed by atoms with Crippen LogP contribution < -0.4 is 0 Å². The first-order chi connectivity index (χ1) is 8.95. The Morgan fingerprint density at radius 3 is 2.58 bits per heavy atom. The lowest BCUT2D eigenvalue weighted by Crippen LogP contribution is -2.42. The Morgan fingerprint density at radius 1 is 1.42 bits per heavy atom. The molecule has 1 heterocycles. The summed E-state index contributed by atoms with van der Waals surface area (Å²) in [6.45, 7) is 5.89. The van der Waals surface area contributed by atoms with Gasteiger partial charge in [-0.05, 0) is 36.5 Å². The monoisotopic (exact) mass is 327 g/mol. The molecule has 0 spiro atoms. The van der Waals surface area contributed by atoms with E-state index in [0.717, 1.165) is 32.4 Å². The minimum absolute atomic E-state index is 0.170. The Bertz CT molecular complexity index is 481. The second-order valence-corrected chi connectivity index (χ2v) is 6.50. The van der Waals surface area contributed by atoms with Crippen LogP contribution in [0.15, 0.2) is 22.7 Å². The molecular formula is C15H19BrFNO. The van der Waals surface area contributed by atoms with Crippen molar-refractivity contribution in [3.8, 4) is 0 Å². The maximum atomic E-state index is 13.8. The third-order valence-corrected chi connectivity index (χ3v) is 4.77. The van der Waals surface area contributed by atoms with Crippen molar-refractivity contribution in [2.45, 2.75) is 33.1 Å². The highest BCUT2D eigenvalue weighted by atomic mass is 79.9. The van der Waals surface area contributed by atoms with Gasteiger partial charge in [0.1, 0.15) is 5.82 Å². The molecule has 0 radical (unpaired) electrons. The van der Waals surface area contributed by atoms with Crippen molar-refractivity contribution < 1.29 is 9.18 Å². The Kier molecular flexibility index (Phi) is 4.29. The van der Waals surface area contributed by atoms with Crippen molar-refractivity contribution in [1.29, 1.82) is 0 Å². The van der Waals surface area contributed by atoms with Crippen LogP contribution in [0.2, 0.25) is 0 Å². The molecule has 1 aromatic carbocycles. The quantitative estimate of drug-likeness (QED) is 0.795. The highest BCUT2D eigenvalue weighted by Gasteiger charge is 2.31. The standard InChI is InChI=1S/C15H19BrFNO/c1-3-15(2)6-8-18(9-7-15)14(19)12-5-4-11(16)10-13(12)17/h4-5,10H,3,6-9H2,1-2H3. The molecule has 4 heteroatoms. The number of nitrogens with zero attached hydrogens (tertiary/aromatic N) is 1. The molecule has 1 aromatic rings. The van der Waals surface area contributed by atoms with Gasteiger partial charge in [0, 0.05) is 17.6 Å². The molecule has 1 aliphatic rings. The third-order valence-electron chi connectivity index (χ3n) is 4.27. The molecule has 0 atom stereocenters. The van der Waals surface area contributed by atoms with Crippen LogP contribution in [0, 0.1) is 11.2 Å². The summed E-state index contributed by atoms with van der Waals surface area (Å²) in [5, 5.41) is 0. The van der Waals surface area contributed by atoms with Crippen LogP contribution in [-0.2, 0) is 0 Å². The van der Waals surface area contributed by atoms with Gasteiger partial charge in [0.05, 0.1) is 5.56 Å². The van der Waals surface area contributed by atoms with E-state index >= 15 is 0 Å². The number of carbonyl (C=O) groups is 1. The smallest absolute Gasteiger partial charge is 0.256 e. The van der Waals surface area contributed by atoms with Gasteiger partial charge in [0.2, 0.25) is 0 Å². The van der Waals surface area contributed by atoms with Gasteiger partial charge in [0.15, 0.2) is 0 Å². The number of hydrogen-bond acceptors (Lipinski definition) is 1. The minimum Gasteiger partial charge on any atom is -0.339 e. The maximum absolute atomic E-state index is 13.8. The van der Waals surface area contributed by atoms with Crippen LogP contribution in [-0.4, -0.2) is 23.9 Å². The molecular weight excluding hydrogens is 309 g/mol. The number of hydrogen-bond donors (Lipinski definition) is 0. The average molecular weight is 328 g/mol. The summed E-state index contributed by atoms with van der Waals surface area (Å²) >= 11 is 3.20. The molecule has 0 unspecified atom stereocenters. The molecule has 104 valence electrons. The zero-order chi connectivity index (χ0) is 14.0. The van der Waals surface area contributed by atoms with E-state index in [9.17, 15) is 9.18 Å². The summed E-state index contributed by atoms with van der Waals surface area (Å²) < 4.78 is 14.4. The fraction of sp³-hybridized carbons (Fsp3) is 0.533. The predicted molar refractivity (Wildman–Crippen MR) is 77.6 cm³/mol. The van der Waals surface area contributed by atoms with Crippen molar-refractivity contribution in [3.63, 3.8) is 0 Å². The number of halogens is 2. The molecule has 2 rings (SSSR count). The Balaban J connectivity index is 2.09. The molecule has 1 aliphatic heterocycles. The summed E-state index contributed by atoms with van der Waals surface area (Å²) in [6, 6.07) is 4.60. The minimum atomic E-state index is -0.455. The van der Waals surface area contributed by atoms with Crippen LogP contribution in [0.5, 0.6) is 0 Å². The van der Waals surface area contributed by atoms with Crippen LogP contribution in [0.3, 0.4) is 0 Å². The first kappa shape index (κ1) is 14.5. The maximum Gasteiger partial charge on any atom is 0.256 e. The zero-order valence-corrected chi connectivity index (χ0v) is 13.0. The lowest BCUT2D eigenvalue weighted by molar-refractivity contribution is 0.0596. The zero-order valence-electron chi connectivity index (χ0n) is 11.4. The molecule has 1 saturated heterocycles. The van der Waals surface area contributed by atoms with E-state index < -0.39 is 5.82 Å². The van der Waals surface area contributed by atoms with Crippen molar-refractivity contribution in [2.24, 2.45) is 5.41 Å². The molecule has 0 bridgehead atoms. The van der Waals surface area contributed by atoms with Crippen LogP contribution in [0.25, 0.3) is 0 Å². The molecule has 1 amide bonds. The molecule has 0 aliphatic carbocycles. The SMILES string of the molecule is CCC1(C)CCN(C(=O)c2ccc(Br)cc2F)CC1. The van der Waals surface area contributed by atoms with Crippen LogP contribution in [0.1, 0.15) is 43.5 Å². The summed E-state index contributed by atoms with van der Waals surface area (Å²) in [5.74, 6) is -0.647. The fourth-order valence-electron chi connectivity index (χ4n) is 2.44. The third kappa shape index (κ3) is 3.16. The van der Waals surface area contributed by atoms with E-state index in [1.165, 1.54) is 6.07 Å². The highest BCUT2D eigenvalue weighted by molar-refractivity contribution is 9.10. The van der Waals surface area contributed by atoms with Gasteiger partial charge in [-0.1, -0.05) is 36.2 Å². The normalized spacial score (nSPS) is 18.4. The molecule has 2 nitrogen and oxygen atoms in total. The van der Waals surface area contributed by atoms with Gasteiger partial charge in [-0.3, -0.25) is 4.79 Å². The van der Waals surface area contributed by atoms with Crippen molar-refractivity contribution in [3.05, 3.63) is 34.1 Å². The fourth-order valence-corrected chi connectivity index (χ4v) is 2.77. The summed E-state index contributed by atoms with van der Waals surface area (Å²) in [6.07, 6.45) is 3.11. The number of amides is 1. The number of rotatable bonds is 2. The van der Waals surface area contributed by atoms with Gasteiger partial charge in [0.25, 0.3) is 5.91 Å². The molecule has 0 N–H and O–H groups in total.